The molecule has 4 heteroatoms. The summed E-state index contributed by atoms with van der Waals surface area (Å²) in [5, 5.41) is 24.4. The van der Waals surface area contributed by atoms with Crippen molar-refractivity contribution in [2.45, 2.75) is 25.7 Å². The van der Waals surface area contributed by atoms with Gasteiger partial charge in [0.2, 0.25) is 0 Å². The Morgan fingerprint density at radius 2 is 1.86 bits per heavy atom. The van der Waals surface area contributed by atoms with Gasteiger partial charge in [-0.1, -0.05) is 6.07 Å². The van der Waals surface area contributed by atoms with Gasteiger partial charge in [-0.2, -0.15) is 5.26 Å². The number of nitriles is 1. The Hall–Kier alpha value is -2.80. The number of aryl methyl sites for hydroxylation is 2. The predicted molar refractivity (Wildman–Crippen MR) is 90.3 cm³/mol. The molecule has 0 spiro atoms. The fourth-order valence-corrected chi connectivity index (χ4v) is 2.50. The lowest BCUT2D eigenvalue weighted by atomic mass is 9.91. The molecule has 1 aliphatic carbocycles. The zero-order chi connectivity index (χ0) is 15.9. The van der Waals surface area contributed by atoms with Gasteiger partial charge >= 0.3 is 0 Å². The molecule has 0 heterocycles. The van der Waals surface area contributed by atoms with E-state index in [1.54, 1.807) is 6.07 Å². The first kappa shape index (κ1) is 15.6. The predicted octanol–water partition coefficient (Wildman–Crippen LogP) is 3.66. The van der Waals surface area contributed by atoms with Crippen LogP contribution in [0.4, 0.5) is 5.69 Å². The van der Waals surface area contributed by atoms with Crippen LogP contribution < -0.4 is 5.73 Å². The van der Waals surface area contributed by atoms with Crippen LogP contribution in [0.1, 0.15) is 36.5 Å². The van der Waals surface area contributed by atoms with Crippen LogP contribution in [0.2, 0.25) is 0 Å². The molecule has 4 N–H and O–H groups in total. The molecule has 0 aliphatic heterocycles. The van der Waals surface area contributed by atoms with Gasteiger partial charge in [-0.15, -0.1) is 0 Å². The van der Waals surface area contributed by atoms with E-state index in [9.17, 15) is 0 Å². The highest BCUT2D eigenvalue weighted by molar-refractivity contribution is 5.85. The molecule has 2 aromatic rings. The maximum absolute atomic E-state index is 8.88. The number of hydrogen-bond acceptors (Lipinski definition) is 4. The van der Waals surface area contributed by atoms with Crippen molar-refractivity contribution in [1.29, 1.82) is 10.7 Å². The largest absolute Gasteiger partial charge is 0.508 e. The molecule has 0 atom stereocenters. The fourth-order valence-electron chi connectivity index (χ4n) is 2.50. The Labute approximate surface area is 131 Å². The quantitative estimate of drug-likeness (QED) is 0.553. The van der Waals surface area contributed by atoms with E-state index < -0.39 is 0 Å². The lowest BCUT2D eigenvalue weighted by Gasteiger charge is -2.14. The number of nitrogens with two attached hydrogens (primary N) is 1. The van der Waals surface area contributed by atoms with Crippen molar-refractivity contribution in [1.82, 2.24) is 0 Å². The molecule has 2 aromatic carbocycles. The number of hydrogen-bond donors (Lipinski definition) is 3. The summed E-state index contributed by atoms with van der Waals surface area (Å²) in [7, 11) is 0. The van der Waals surface area contributed by atoms with Crippen molar-refractivity contribution in [3.05, 3.63) is 58.7 Å². The van der Waals surface area contributed by atoms with Crippen LogP contribution in [0.3, 0.4) is 0 Å². The molecule has 0 saturated heterocycles. The zero-order valence-corrected chi connectivity index (χ0v) is 12.3. The third-order valence-corrected chi connectivity index (χ3v) is 3.70. The molecular formula is C18H21N3O. The number of nitrogens with zero attached hydrogens (tertiary/aromatic N) is 1. The monoisotopic (exact) mass is 295 g/mol. The summed E-state index contributed by atoms with van der Waals surface area (Å²) in [4.78, 5) is 0. The molecule has 0 aromatic heterocycles. The molecule has 0 unspecified atom stereocenters. The van der Waals surface area contributed by atoms with E-state index in [-0.39, 0.29) is 7.18 Å². The average Bonchev–Trinajstić information content (AvgIpc) is 2.55. The summed E-state index contributed by atoms with van der Waals surface area (Å²) in [6.07, 6.45) is 6.08. The van der Waals surface area contributed by atoms with E-state index in [1.165, 1.54) is 42.5 Å². The van der Waals surface area contributed by atoms with Crippen molar-refractivity contribution in [3.63, 3.8) is 0 Å². The lowest BCUT2D eigenvalue weighted by Crippen LogP contribution is -2.02. The molecule has 4 nitrogen and oxygen atoms in total. The van der Waals surface area contributed by atoms with Crippen LogP contribution >= 0.6 is 0 Å². The molecule has 114 valence electrons. The summed E-state index contributed by atoms with van der Waals surface area (Å²) in [6.45, 7) is 0. The van der Waals surface area contributed by atoms with Gasteiger partial charge in [0, 0.05) is 25.0 Å². The summed E-state index contributed by atoms with van der Waals surface area (Å²) in [5.41, 5.74) is 10.1. The Balaban J connectivity index is 0.000000224. The minimum absolute atomic E-state index is 0. The Morgan fingerprint density at radius 3 is 2.50 bits per heavy atom. The standard InChI is InChI=1S/C11H11N.C7H8N2O.H2/c12-8-9-5-6-10-3-1-2-4-11(10)7-9;8-4-5-1-2-6(10)3-7(5)9;/h5-7H,1-4H2;1-4,8,10H,9H2;1H. The molecule has 0 radical (unpaired) electrons. The van der Waals surface area contributed by atoms with Crippen LogP contribution in [0.25, 0.3) is 0 Å². The smallest absolute Gasteiger partial charge is 0.117 e. The molecular weight excluding hydrogens is 274 g/mol. The number of nitrogen functional groups attached to an aromatic ring is 1. The topological polar surface area (TPSA) is 93.9 Å². The maximum Gasteiger partial charge on any atom is 0.117 e. The van der Waals surface area contributed by atoms with Crippen molar-refractivity contribution in [2.24, 2.45) is 0 Å². The van der Waals surface area contributed by atoms with Crippen LogP contribution in [0, 0.1) is 16.7 Å². The first-order valence-electron chi connectivity index (χ1n) is 7.25. The highest BCUT2D eigenvalue weighted by Crippen LogP contribution is 2.21. The van der Waals surface area contributed by atoms with Crippen LogP contribution in [-0.4, -0.2) is 11.3 Å². The van der Waals surface area contributed by atoms with E-state index >= 15 is 0 Å². The summed E-state index contributed by atoms with van der Waals surface area (Å²) in [5.74, 6) is 0.128. The number of rotatable bonds is 1. The molecule has 3 rings (SSSR count). The number of anilines is 1. The van der Waals surface area contributed by atoms with Gasteiger partial charge in [0.05, 0.1) is 11.6 Å². The second kappa shape index (κ2) is 7.28. The SMILES string of the molecule is N#Cc1ccc2c(c1)CCCC2.N=Cc1ccc(O)cc1N.[HH]. The number of nitrogens with one attached hydrogen (secondary N) is 1. The van der Waals surface area contributed by atoms with Crippen molar-refractivity contribution in [2.75, 3.05) is 5.73 Å². The molecule has 22 heavy (non-hydrogen) atoms. The van der Waals surface area contributed by atoms with Crippen LogP contribution in [-0.2, 0) is 12.8 Å². The van der Waals surface area contributed by atoms with Gasteiger partial charge in [0.1, 0.15) is 5.75 Å². The minimum atomic E-state index is 0. The highest BCUT2D eigenvalue weighted by atomic mass is 16.3. The molecule has 0 amide bonds. The number of phenols is 1. The number of fused-ring (bicyclic) bond motifs is 1. The summed E-state index contributed by atoms with van der Waals surface area (Å²) in [6, 6.07) is 12.7. The number of phenolic OH excluding ortho intramolecular Hbond substituents is 1. The van der Waals surface area contributed by atoms with Gasteiger partial charge in [-0.3, -0.25) is 0 Å². The molecule has 1 aliphatic rings. The van der Waals surface area contributed by atoms with Gasteiger partial charge in [-0.25, -0.2) is 0 Å². The van der Waals surface area contributed by atoms with E-state index in [0.717, 1.165) is 18.2 Å². The van der Waals surface area contributed by atoms with Crippen molar-refractivity contribution < 1.29 is 6.53 Å². The van der Waals surface area contributed by atoms with Gasteiger partial charge in [0.25, 0.3) is 0 Å². The van der Waals surface area contributed by atoms with E-state index in [0.29, 0.717) is 11.3 Å². The second-order valence-corrected chi connectivity index (χ2v) is 5.26. The molecule has 0 fully saturated rings. The van der Waals surface area contributed by atoms with Gasteiger partial charge < -0.3 is 16.2 Å². The maximum atomic E-state index is 8.88. The van der Waals surface area contributed by atoms with Crippen LogP contribution in [0.5, 0.6) is 5.75 Å². The minimum Gasteiger partial charge on any atom is -0.508 e. The van der Waals surface area contributed by atoms with E-state index in [4.69, 9.17) is 21.5 Å². The Kier molecular flexibility index (Phi) is 5.16. The highest BCUT2D eigenvalue weighted by Gasteiger charge is 2.08. The fraction of sp³-hybridized carbons (Fsp3) is 0.222. The Morgan fingerprint density at radius 1 is 1.14 bits per heavy atom. The van der Waals surface area contributed by atoms with Crippen LogP contribution in [0.15, 0.2) is 36.4 Å². The average molecular weight is 295 g/mol. The summed E-state index contributed by atoms with van der Waals surface area (Å²) < 4.78 is 0. The first-order chi connectivity index (χ1) is 10.6. The van der Waals surface area contributed by atoms with E-state index in [2.05, 4.69) is 12.1 Å². The van der Waals surface area contributed by atoms with Gasteiger partial charge in [0.15, 0.2) is 0 Å². The third kappa shape index (κ3) is 3.86. The van der Waals surface area contributed by atoms with Gasteiger partial charge in [-0.05, 0) is 61.1 Å². The lowest BCUT2D eigenvalue weighted by molar-refractivity contribution is 0.475. The second-order valence-electron chi connectivity index (χ2n) is 5.26. The van der Waals surface area contributed by atoms with Crippen molar-refractivity contribution in [3.8, 4) is 11.8 Å². The Bertz CT molecular complexity index is 723. The number of aromatic hydroxyl groups is 1. The van der Waals surface area contributed by atoms with Crippen molar-refractivity contribution >= 4 is 11.9 Å². The molecule has 0 bridgehead atoms. The summed E-state index contributed by atoms with van der Waals surface area (Å²) >= 11 is 0. The molecule has 0 saturated carbocycles. The third-order valence-electron chi connectivity index (χ3n) is 3.70. The zero-order valence-electron chi connectivity index (χ0n) is 12.3. The van der Waals surface area contributed by atoms with E-state index in [1.807, 2.05) is 12.1 Å². The first-order valence-corrected chi connectivity index (χ1v) is 7.25. The normalized spacial score (nSPS) is 12.3. The number of benzene rings is 2.